The Balaban J connectivity index is 1.88. The van der Waals surface area contributed by atoms with Crippen LogP contribution in [0.15, 0.2) is 69.6 Å². The first kappa shape index (κ1) is 23.2. The second kappa shape index (κ2) is 9.89. The predicted octanol–water partition coefficient (Wildman–Crippen LogP) is 3.01. The van der Waals surface area contributed by atoms with Gasteiger partial charge in [0.25, 0.3) is 5.56 Å². The van der Waals surface area contributed by atoms with E-state index in [-0.39, 0.29) is 18.8 Å². The Bertz CT molecular complexity index is 1490. The molecular weight excluding hydrogens is 450 g/mol. The molecule has 4 rings (SSSR count). The van der Waals surface area contributed by atoms with Gasteiger partial charge in [0.15, 0.2) is 11.4 Å². The maximum absolute atomic E-state index is 13.6. The number of nitrogens with zero attached hydrogens (tertiary/aromatic N) is 3. The Morgan fingerprint density at radius 3 is 2.71 bits per heavy atom. The molecule has 0 aliphatic carbocycles. The third kappa shape index (κ3) is 4.56. The van der Waals surface area contributed by atoms with Gasteiger partial charge in [-0.2, -0.15) is 5.26 Å². The van der Waals surface area contributed by atoms with E-state index in [2.05, 4.69) is 4.99 Å². The van der Waals surface area contributed by atoms with E-state index in [1.165, 1.54) is 11.3 Å². The van der Waals surface area contributed by atoms with Crippen LogP contribution in [0.5, 0.6) is 5.75 Å². The second-order valence-corrected chi connectivity index (χ2v) is 8.74. The SMILES string of the molecule is CCOC(=O)C1=C(C)N=c2s/c(=C\c3cccc(OCC#N)c3)c(=O)n2[C@H]1c1ccc(C)cc1. The van der Waals surface area contributed by atoms with Crippen LogP contribution in [-0.4, -0.2) is 23.8 Å². The van der Waals surface area contributed by atoms with E-state index in [1.54, 1.807) is 42.7 Å². The molecule has 2 aromatic carbocycles. The van der Waals surface area contributed by atoms with Crippen LogP contribution in [0.1, 0.15) is 36.6 Å². The van der Waals surface area contributed by atoms with E-state index in [0.717, 1.165) is 16.7 Å². The number of rotatable bonds is 6. The number of fused-ring (bicyclic) bond motifs is 1. The first-order valence-corrected chi connectivity index (χ1v) is 11.6. The molecule has 0 amide bonds. The molecule has 1 atom stereocenters. The first-order valence-electron chi connectivity index (χ1n) is 10.8. The Kier molecular flexibility index (Phi) is 6.75. The number of hydrogen-bond acceptors (Lipinski definition) is 7. The maximum Gasteiger partial charge on any atom is 0.338 e. The van der Waals surface area contributed by atoms with Crippen LogP contribution in [0.25, 0.3) is 6.08 Å². The minimum atomic E-state index is -0.636. The number of thiazole rings is 1. The summed E-state index contributed by atoms with van der Waals surface area (Å²) in [5.41, 5.74) is 3.29. The zero-order chi connectivity index (χ0) is 24.2. The van der Waals surface area contributed by atoms with Crippen molar-refractivity contribution in [2.45, 2.75) is 26.8 Å². The van der Waals surface area contributed by atoms with E-state index in [4.69, 9.17) is 14.7 Å². The number of allylic oxidation sites excluding steroid dienone is 1. The van der Waals surface area contributed by atoms with Crippen molar-refractivity contribution in [1.82, 2.24) is 4.57 Å². The van der Waals surface area contributed by atoms with Crippen LogP contribution in [0.4, 0.5) is 0 Å². The molecule has 1 aliphatic heterocycles. The third-order valence-corrected chi connectivity index (χ3v) is 6.35. The topological polar surface area (TPSA) is 93.7 Å². The Morgan fingerprint density at radius 1 is 1.24 bits per heavy atom. The summed E-state index contributed by atoms with van der Waals surface area (Å²) >= 11 is 1.26. The molecule has 0 unspecified atom stereocenters. The van der Waals surface area contributed by atoms with Crippen LogP contribution in [0, 0.1) is 18.3 Å². The van der Waals surface area contributed by atoms with Crippen molar-refractivity contribution < 1.29 is 14.3 Å². The normalized spacial score (nSPS) is 15.4. The second-order valence-electron chi connectivity index (χ2n) is 7.73. The lowest BCUT2D eigenvalue weighted by molar-refractivity contribution is -0.139. The maximum atomic E-state index is 13.6. The number of esters is 1. The van der Waals surface area contributed by atoms with Gasteiger partial charge in [-0.1, -0.05) is 53.3 Å². The number of carbonyl (C=O) groups is 1. The third-order valence-electron chi connectivity index (χ3n) is 5.37. The molecule has 0 bridgehead atoms. The molecule has 172 valence electrons. The fourth-order valence-corrected chi connectivity index (χ4v) is 4.86. The number of benzene rings is 2. The predicted molar refractivity (Wildman–Crippen MR) is 129 cm³/mol. The van der Waals surface area contributed by atoms with Crippen molar-refractivity contribution >= 4 is 23.4 Å². The molecule has 7 nitrogen and oxygen atoms in total. The fourth-order valence-electron chi connectivity index (χ4n) is 3.82. The highest BCUT2D eigenvalue weighted by Gasteiger charge is 2.33. The van der Waals surface area contributed by atoms with Crippen molar-refractivity contribution in [2.75, 3.05) is 13.2 Å². The molecule has 0 fully saturated rings. The van der Waals surface area contributed by atoms with Crippen LogP contribution in [0.2, 0.25) is 0 Å². The number of hydrogen-bond donors (Lipinski definition) is 0. The summed E-state index contributed by atoms with van der Waals surface area (Å²) in [5, 5.41) is 8.74. The molecule has 1 aromatic heterocycles. The van der Waals surface area contributed by atoms with Gasteiger partial charge in [-0.3, -0.25) is 9.36 Å². The number of nitriles is 1. The summed E-state index contributed by atoms with van der Waals surface area (Å²) in [6, 6.07) is 16.2. The molecule has 2 heterocycles. The lowest BCUT2D eigenvalue weighted by Gasteiger charge is -2.24. The van der Waals surface area contributed by atoms with Crippen LogP contribution >= 0.6 is 11.3 Å². The minimum Gasteiger partial charge on any atom is -0.479 e. The lowest BCUT2D eigenvalue weighted by Crippen LogP contribution is -2.39. The van der Waals surface area contributed by atoms with Crippen molar-refractivity contribution in [3.8, 4) is 11.8 Å². The van der Waals surface area contributed by atoms with Crippen LogP contribution < -0.4 is 19.6 Å². The average Bonchev–Trinajstić information content (AvgIpc) is 3.12. The summed E-state index contributed by atoms with van der Waals surface area (Å²) in [4.78, 5) is 31.6. The molecule has 0 spiro atoms. The van der Waals surface area contributed by atoms with Gasteiger partial charge in [-0.15, -0.1) is 0 Å². The van der Waals surface area contributed by atoms with E-state index in [9.17, 15) is 9.59 Å². The summed E-state index contributed by atoms with van der Waals surface area (Å²) < 4.78 is 12.7. The number of ether oxygens (including phenoxy) is 2. The van der Waals surface area contributed by atoms with E-state index in [0.29, 0.717) is 26.4 Å². The first-order chi connectivity index (χ1) is 16.4. The van der Waals surface area contributed by atoms with Gasteiger partial charge < -0.3 is 9.47 Å². The van der Waals surface area contributed by atoms with Crippen LogP contribution in [-0.2, 0) is 9.53 Å². The number of carbonyl (C=O) groups excluding carboxylic acids is 1. The fraction of sp³-hybridized carbons (Fsp3) is 0.231. The van der Waals surface area contributed by atoms with Gasteiger partial charge in [0.1, 0.15) is 11.8 Å². The van der Waals surface area contributed by atoms with Crippen molar-refractivity contribution in [2.24, 2.45) is 4.99 Å². The quantitative estimate of drug-likeness (QED) is 0.513. The van der Waals surface area contributed by atoms with Gasteiger partial charge in [0.2, 0.25) is 0 Å². The molecule has 0 saturated heterocycles. The molecule has 34 heavy (non-hydrogen) atoms. The van der Waals surface area contributed by atoms with Gasteiger partial charge in [0.05, 0.1) is 28.5 Å². The van der Waals surface area contributed by atoms with Crippen molar-refractivity contribution in [1.29, 1.82) is 5.26 Å². The van der Waals surface area contributed by atoms with Crippen molar-refractivity contribution in [3.63, 3.8) is 0 Å². The van der Waals surface area contributed by atoms with Crippen molar-refractivity contribution in [3.05, 3.63) is 96.2 Å². The smallest absolute Gasteiger partial charge is 0.338 e. The number of aromatic nitrogens is 1. The zero-order valence-electron chi connectivity index (χ0n) is 19.1. The van der Waals surface area contributed by atoms with E-state index in [1.807, 2.05) is 43.3 Å². The molecule has 0 saturated carbocycles. The average molecular weight is 474 g/mol. The van der Waals surface area contributed by atoms with Crippen LogP contribution in [0.3, 0.4) is 0 Å². The Labute approximate surface area is 200 Å². The molecule has 3 aromatic rings. The molecule has 0 radical (unpaired) electrons. The molecule has 1 aliphatic rings. The van der Waals surface area contributed by atoms with Gasteiger partial charge in [0, 0.05) is 0 Å². The largest absolute Gasteiger partial charge is 0.479 e. The highest BCUT2D eigenvalue weighted by atomic mass is 32.1. The Hall–Kier alpha value is -3.96. The molecular formula is C26H23N3O4S. The minimum absolute atomic E-state index is 0.0574. The molecule has 8 heteroatoms. The zero-order valence-corrected chi connectivity index (χ0v) is 19.9. The van der Waals surface area contributed by atoms with E-state index >= 15 is 0 Å². The highest BCUT2D eigenvalue weighted by Crippen LogP contribution is 2.30. The summed E-state index contributed by atoms with van der Waals surface area (Å²) in [7, 11) is 0. The Morgan fingerprint density at radius 2 is 2.00 bits per heavy atom. The number of aryl methyl sites for hydroxylation is 1. The summed E-state index contributed by atoms with van der Waals surface area (Å²) in [5.74, 6) is 0.0620. The standard InChI is InChI=1S/C26H23N3O4S/c1-4-32-25(31)22-17(3)28-26-29(23(22)19-10-8-16(2)9-11-19)24(30)21(34-26)15-18-6-5-7-20(14-18)33-13-12-27/h5-11,14-15,23H,4,13H2,1-3H3/b21-15-/t23-/m0/s1. The van der Waals surface area contributed by atoms with E-state index < -0.39 is 12.0 Å². The highest BCUT2D eigenvalue weighted by molar-refractivity contribution is 7.07. The van der Waals surface area contributed by atoms with Gasteiger partial charge in [-0.05, 0) is 50.1 Å². The van der Waals surface area contributed by atoms with Gasteiger partial charge >= 0.3 is 5.97 Å². The summed E-state index contributed by atoms with van der Waals surface area (Å²) in [6.45, 7) is 5.67. The monoisotopic (exact) mass is 473 g/mol. The van der Waals surface area contributed by atoms with Gasteiger partial charge in [-0.25, -0.2) is 9.79 Å². The molecule has 0 N–H and O–H groups in total. The summed E-state index contributed by atoms with van der Waals surface area (Å²) in [6.07, 6.45) is 1.76. The lowest BCUT2D eigenvalue weighted by atomic mass is 9.95.